The fourth-order valence-corrected chi connectivity index (χ4v) is 4.69. The highest BCUT2D eigenvalue weighted by Crippen LogP contribution is 2.40. The molecule has 2 aliphatic heterocycles. The molecule has 0 radical (unpaired) electrons. The van der Waals surface area contributed by atoms with Crippen LogP contribution in [0.15, 0.2) is 70.3 Å². The SMILES string of the molecule is COc1cccc(C2C(C(=O)c3cc4ccccc4o3)=C(O)C(=O)N2CC[NH+]2CCOCC2)c1. The summed E-state index contributed by atoms with van der Waals surface area (Å²) in [5, 5.41) is 11.7. The lowest BCUT2D eigenvalue weighted by molar-refractivity contribution is -0.907. The number of methoxy groups -OCH3 is 1. The summed E-state index contributed by atoms with van der Waals surface area (Å²) in [5.74, 6) is -0.902. The Hall–Kier alpha value is -3.62. The molecule has 3 heterocycles. The zero-order chi connectivity index (χ0) is 23.7. The van der Waals surface area contributed by atoms with Crippen LogP contribution in [0.1, 0.15) is 22.2 Å². The lowest BCUT2D eigenvalue weighted by Gasteiger charge is -2.30. The Bertz CT molecular complexity index is 1220. The van der Waals surface area contributed by atoms with Gasteiger partial charge in [-0.05, 0) is 29.8 Å². The quantitative estimate of drug-likeness (QED) is 0.520. The zero-order valence-electron chi connectivity index (χ0n) is 19.0. The van der Waals surface area contributed by atoms with Crippen molar-refractivity contribution < 1.29 is 33.5 Å². The van der Waals surface area contributed by atoms with E-state index in [1.807, 2.05) is 30.3 Å². The van der Waals surface area contributed by atoms with Crippen LogP contribution in [0.4, 0.5) is 0 Å². The van der Waals surface area contributed by atoms with Crippen LogP contribution >= 0.6 is 0 Å². The van der Waals surface area contributed by atoms with E-state index in [1.54, 1.807) is 36.3 Å². The Labute approximate surface area is 197 Å². The Balaban J connectivity index is 1.52. The molecule has 2 N–H and O–H groups in total. The van der Waals surface area contributed by atoms with E-state index in [0.717, 1.165) is 18.5 Å². The summed E-state index contributed by atoms with van der Waals surface area (Å²) < 4.78 is 16.6. The van der Waals surface area contributed by atoms with Crippen LogP contribution in [0.3, 0.4) is 0 Å². The maximum Gasteiger partial charge on any atom is 0.290 e. The fourth-order valence-electron chi connectivity index (χ4n) is 4.69. The minimum absolute atomic E-state index is 0.0225. The number of aliphatic hydroxyl groups is 1. The molecule has 0 aliphatic carbocycles. The average Bonchev–Trinajstić information content (AvgIpc) is 3.42. The number of morpholine rings is 1. The molecule has 0 bridgehead atoms. The number of rotatable bonds is 7. The number of aliphatic hydroxyl groups excluding tert-OH is 1. The van der Waals surface area contributed by atoms with Crippen molar-refractivity contribution in [2.45, 2.75) is 6.04 Å². The van der Waals surface area contributed by atoms with Crippen LogP contribution < -0.4 is 9.64 Å². The normalized spacial score (nSPS) is 19.3. The van der Waals surface area contributed by atoms with Crippen LogP contribution in [-0.4, -0.2) is 68.2 Å². The molecular weight excluding hydrogens is 436 g/mol. The number of ketones is 1. The first-order valence-corrected chi connectivity index (χ1v) is 11.4. The molecule has 0 saturated carbocycles. The van der Waals surface area contributed by atoms with Crippen molar-refractivity contribution in [3.05, 3.63) is 77.3 Å². The number of hydrogen-bond donors (Lipinski definition) is 2. The van der Waals surface area contributed by atoms with Gasteiger partial charge in [0.15, 0.2) is 11.5 Å². The fraction of sp³-hybridized carbons (Fsp3) is 0.308. The number of furan rings is 1. The van der Waals surface area contributed by atoms with Gasteiger partial charge in [0.25, 0.3) is 5.91 Å². The van der Waals surface area contributed by atoms with Gasteiger partial charge in [0.1, 0.15) is 24.4 Å². The van der Waals surface area contributed by atoms with Crippen molar-refractivity contribution in [1.29, 1.82) is 0 Å². The van der Waals surface area contributed by atoms with Crippen LogP contribution in [0.25, 0.3) is 11.0 Å². The molecule has 2 aliphatic rings. The predicted molar refractivity (Wildman–Crippen MR) is 124 cm³/mol. The maximum atomic E-state index is 13.6. The topological polar surface area (TPSA) is 93.7 Å². The summed E-state index contributed by atoms with van der Waals surface area (Å²) in [7, 11) is 1.56. The molecule has 176 valence electrons. The van der Waals surface area contributed by atoms with E-state index in [2.05, 4.69) is 0 Å². The second kappa shape index (κ2) is 9.32. The molecule has 1 atom stereocenters. The van der Waals surface area contributed by atoms with E-state index in [9.17, 15) is 14.7 Å². The van der Waals surface area contributed by atoms with Crippen LogP contribution in [-0.2, 0) is 9.53 Å². The molecule has 2 aromatic carbocycles. The number of carbonyl (C=O) groups excluding carboxylic acids is 2. The summed E-state index contributed by atoms with van der Waals surface area (Å²) >= 11 is 0. The van der Waals surface area contributed by atoms with Crippen molar-refractivity contribution in [2.75, 3.05) is 46.5 Å². The number of hydrogen-bond acceptors (Lipinski definition) is 6. The van der Waals surface area contributed by atoms with Crippen molar-refractivity contribution in [1.82, 2.24) is 4.90 Å². The van der Waals surface area contributed by atoms with E-state index >= 15 is 0 Å². The number of ether oxygens (including phenoxy) is 2. The highest BCUT2D eigenvalue weighted by molar-refractivity contribution is 6.16. The van der Waals surface area contributed by atoms with Crippen LogP contribution in [0.5, 0.6) is 5.75 Å². The third-order valence-electron chi connectivity index (χ3n) is 6.51. The Morgan fingerprint density at radius 2 is 1.94 bits per heavy atom. The smallest absolute Gasteiger partial charge is 0.290 e. The van der Waals surface area contributed by atoms with Crippen molar-refractivity contribution >= 4 is 22.7 Å². The predicted octanol–water partition coefficient (Wildman–Crippen LogP) is 1.93. The third-order valence-corrected chi connectivity index (χ3v) is 6.51. The molecule has 0 spiro atoms. The molecule has 1 aromatic heterocycles. The first kappa shape index (κ1) is 22.2. The van der Waals surface area contributed by atoms with Crippen LogP contribution in [0, 0.1) is 0 Å². The number of fused-ring (bicyclic) bond motifs is 1. The molecule has 1 fully saturated rings. The number of nitrogens with one attached hydrogen (secondary N) is 1. The largest absolute Gasteiger partial charge is 0.503 e. The Kier molecular flexibility index (Phi) is 6.08. The number of quaternary nitrogens is 1. The number of para-hydroxylation sites is 1. The first-order valence-electron chi connectivity index (χ1n) is 11.4. The van der Waals surface area contributed by atoms with E-state index in [1.165, 1.54) is 4.90 Å². The summed E-state index contributed by atoms with van der Waals surface area (Å²) in [5.41, 5.74) is 1.28. The van der Waals surface area contributed by atoms with E-state index in [4.69, 9.17) is 13.9 Å². The lowest BCUT2D eigenvalue weighted by atomic mass is 9.95. The summed E-state index contributed by atoms with van der Waals surface area (Å²) in [6, 6.07) is 15.4. The molecule has 3 aromatic rings. The number of nitrogens with zero attached hydrogens (tertiary/aromatic N) is 1. The number of Topliss-reactive ketones (excluding diaryl/α,β-unsaturated/α-hetero) is 1. The van der Waals surface area contributed by atoms with Gasteiger partial charge in [0.05, 0.1) is 45.0 Å². The highest BCUT2D eigenvalue weighted by atomic mass is 16.5. The van der Waals surface area contributed by atoms with Gasteiger partial charge in [-0.2, -0.15) is 0 Å². The average molecular weight is 464 g/mol. The molecule has 34 heavy (non-hydrogen) atoms. The van der Waals surface area contributed by atoms with E-state index < -0.39 is 23.5 Å². The Morgan fingerprint density at radius 3 is 2.71 bits per heavy atom. The van der Waals surface area contributed by atoms with E-state index in [0.29, 0.717) is 43.2 Å². The second-order valence-corrected chi connectivity index (χ2v) is 8.53. The van der Waals surface area contributed by atoms with Gasteiger partial charge in [-0.25, -0.2) is 0 Å². The lowest BCUT2D eigenvalue weighted by Crippen LogP contribution is -3.14. The van der Waals surface area contributed by atoms with Crippen molar-refractivity contribution in [3.8, 4) is 5.75 Å². The first-order chi connectivity index (χ1) is 16.6. The van der Waals surface area contributed by atoms with Crippen molar-refractivity contribution in [3.63, 3.8) is 0 Å². The van der Waals surface area contributed by atoms with Gasteiger partial charge in [-0.15, -0.1) is 0 Å². The van der Waals surface area contributed by atoms with Gasteiger partial charge >= 0.3 is 0 Å². The third kappa shape index (κ3) is 4.06. The Morgan fingerprint density at radius 1 is 1.15 bits per heavy atom. The highest BCUT2D eigenvalue weighted by Gasteiger charge is 2.45. The van der Waals surface area contributed by atoms with Gasteiger partial charge < -0.3 is 28.8 Å². The minimum Gasteiger partial charge on any atom is -0.503 e. The maximum absolute atomic E-state index is 13.6. The minimum atomic E-state index is -0.747. The van der Waals surface area contributed by atoms with Crippen LogP contribution in [0.2, 0.25) is 0 Å². The number of amides is 1. The second-order valence-electron chi connectivity index (χ2n) is 8.53. The summed E-state index contributed by atoms with van der Waals surface area (Å²) in [6.45, 7) is 4.15. The van der Waals surface area contributed by atoms with Gasteiger partial charge in [-0.1, -0.05) is 30.3 Å². The molecule has 8 heteroatoms. The standard InChI is InChI=1S/C26H26N2O6/c1-32-19-7-4-6-18(15-19)23-22(24(29)21-16-17-5-2-3-8-20(17)34-21)25(30)26(31)28(23)10-9-27-11-13-33-14-12-27/h2-8,15-16,23,30H,9-14H2,1H3/p+1. The summed E-state index contributed by atoms with van der Waals surface area (Å²) in [6.07, 6.45) is 0. The zero-order valence-corrected chi connectivity index (χ0v) is 19.0. The molecule has 8 nitrogen and oxygen atoms in total. The molecule has 1 unspecified atom stereocenters. The molecular formula is C26H27N2O6+. The molecule has 1 saturated heterocycles. The van der Waals surface area contributed by atoms with Crippen molar-refractivity contribution in [2.24, 2.45) is 0 Å². The molecule has 5 rings (SSSR count). The van der Waals surface area contributed by atoms with Gasteiger partial charge in [0, 0.05) is 5.39 Å². The summed E-state index contributed by atoms with van der Waals surface area (Å²) in [4.78, 5) is 29.7. The number of benzene rings is 2. The van der Waals surface area contributed by atoms with E-state index in [-0.39, 0.29) is 11.3 Å². The van der Waals surface area contributed by atoms with Gasteiger partial charge in [0.2, 0.25) is 5.78 Å². The number of carbonyl (C=O) groups is 2. The molecule has 1 amide bonds. The van der Waals surface area contributed by atoms with Gasteiger partial charge in [-0.3, -0.25) is 9.59 Å². The monoisotopic (exact) mass is 463 g/mol.